The van der Waals surface area contributed by atoms with E-state index in [1.165, 1.54) is 5.56 Å². The molecule has 4 nitrogen and oxygen atoms in total. The summed E-state index contributed by atoms with van der Waals surface area (Å²) < 4.78 is 1.91. The van der Waals surface area contributed by atoms with Crippen molar-refractivity contribution in [1.82, 2.24) is 14.8 Å². The monoisotopic (exact) mass is 271 g/mol. The second kappa shape index (κ2) is 5.37. The Balaban J connectivity index is 1.92. The van der Waals surface area contributed by atoms with Crippen LogP contribution in [0.4, 0.5) is 0 Å². The van der Waals surface area contributed by atoms with E-state index in [1.54, 1.807) is 6.33 Å². The standard InChI is InChI=1S/C16H21N3O/c1-2-10-19-15(17-12-18-19)11-16(20)9-5-7-13-6-3-4-8-14(13)16/h3-4,6,8,12,20H,2,5,7,9-11H2,1H3. The average molecular weight is 271 g/mol. The van der Waals surface area contributed by atoms with Crippen LogP contribution in [0.15, 0.2) is 30.6 Å². The third-order valence-electron chi connectivity index (χ3n) is 4.14. The number of aliphatic hydroxyl groups is 1. The highest BCUT2D eigenvalue weighted by atomic mass is 16.3. The number of aryl methyl sites for hydroxylation is 2. The summed E-state index contributed by atoms with van der Waals surface area (Å²) in [7, 11) is 0. The molecule has 1 N–H and O–H groups in total. The number of nitrogens with zero attached hydrogens (tertiary/aromatic N) is 3. The summed E-state index contributed by atoms with van der Waals surface area (Å²) in [6.07, 6.45) is 6.02. The minimum absolute atomic E-state index is 0.546. The Labute approximate surface area is 119 Å². The molecular weight excluding hydrogens is 250 g/mol. The first-order valence-electron chi connectivity index (χ1n) is 7.40. The van der Waals surface area contributed by atoms with Gasteiger partial charge in [-0.25, -0.2) is 9.67 Å². The van der Waals surface area contributed by atoms with Gasteiger partial charge in [0.05, 0.1) is 5.60 Å². The summed E-state index contributed by atoms with van der Waals surface area (Å²) in [5.41, 5.74) is 1.54. The Bertz CT molecular complexity index is 593. The van der Waals surface area contributed by atoms with Gasteiger partial charge in [0.1, 0.15) is 12.2 Å². The highest BCUT2D eigenvalue weighted by Crippen LogP contribution is 2.37. The van der Waals surface area contributed by atoms with Crippen molar-refractivity contribution in [3.05, 3.63) is 47.5 Å². The van der Waals surface area contributed by atoms with Crippen molar-refractivity contribution in [2.45, 2.75) is 51.2 Å². The van der Waals surface area contributed by atoms with E-state index in [-0.39, 0.29) is 0 Å². The smallest absolute Gasteiger partial charge is 0.138 e. The van der Waals surface area contributed by atoms with Gasteiger partial charge in [-0.3, -0.25) is 0 Å². The van der Waals surface area contributed by atoms with Gasteiger partial charge in [0.15, 0.2) is 0 Å². The molecule has 106 valence electrons. The van der Waals surface area contributed by atoms with Gasteiger partial charge >= 0.3 is 0 Å². The number of fused-ring (bicyclic) bond motifs is 1. The fraction of sp³-hybridized carbons (Fsp3) is 0.500. The maximum Gasteiger partial charge on any atom is 0.138 e. The molecule has 0 amide bonds. The number of aromatic nitrogens is 3. The third kappa shape index (κ3) is 2.36. The van der Waals surface area contributed by atoms with E-state index in [2.05, 4.69) is 29.1 Å². The highest BCUT2D eigenvalue weighted by molar-refractivity contribution is 5.35. The van der Waals surface area contributed by atoms with Gasteiger partial charge in [-0.2, -0.15) is 5.10 Å². The van der Waals surface area contributed by atoms with Gasteiger partial charge < -0.3 is 5.11 Å². The summed E-state index contributed by atoms with van der Waals surface area (Å²) in [5.74, 6) is 0.881. The molecule has 4 heteroatoms. The molecule has 3 rings (SSSR count). The molecule has 1 aromatic heterocycles. The Morgan fingerprint density at radius 3 is 3.05 bits per heavy atom. The van der Waals surface area contributed by atoms with Crippen LogP contribution in [0.3, 0.4) is 0 Å². The molecule has 1 aliphatic carbocycles. The first-order chi connectivity index (χ1) is 9.73. The van der Waals surface area contributed by atoms with Crippen LogP contribution in [0.25, 0.3) is 0 Å². The molecule has 1 atom stereocenters. The van der Waals surface area contributed by atoms with Gasteiger partial charge in [0.25, 0.3) is 0 Å². The molecule has 0 spiro atoms. The summed E-state index contributed by atoms with van der Waals surface area (Å²) in [5, 5.41) is 15.4. The SMILES string of the molecule is CCCn1ncnc1CC1(O)CCCc2ccccc21. The normalized spacial score (nSPS) is 21.7. The third-order valence-corrected chi connectivity index (χ3v) is 4.14. The Morgan fingerprint density at radius 2 is 2.20 bits per heavy atom. The number of rotatable bonds is 4. The second-order valence-corrected chi connectivity index (χ2v) is 5.62. The maximum absolute atomic E-state index is 11.1. The lowest BCUT2D eigenvalue weighted by Crippen LogP contribution is -2.34. The van der Waals surface area contributed by atoms with Crippen molar-refractivity contribution in [3.8, 4) is 0 Å². The van der Waals surface area contributed by atoms with Crippen molar-refractivity contribution >= 4 is 0 Å². The van der Waals surface area contributed by atoms with Gasteiger partial charge in [-0.05, 0) is 36.8 Å². The van der Waals surface area contributed by atoms with Gasteiger partial charge in [-0.1, -0.05) is 31.2 Å². The van der Waals surface area contributed by atoms with E-state index in [4.69, 9.17) is 0 Å². The lowest BCUT2D eigenvalue weighted by atomic mass is 9.77. The fourth-order valence-electron chi connectivity index (χ4n) is 3.17. The predicted octanol–water partition coefficient (Wildman–Crippen LogP) is 2.45. The predicted molar refractivity (Wildman–Crippen MR) is 77.3 cm³/mol. The molecule has 0 saturated heterocycles. The minimum atomic E-state index is -0.798. The first-order valence-corrected chi connectivity index (χ1v) is 7.40. The van der Waals surface area contributed by atoms with Crippen molar-refractivity contribution < 1.29 is 5.11 Å². The largest absolute Gasteiger partial charge is 0.385 e. The average Bonchev–Trinajstić information content (AvgIpc) is 2.87. The molecule has 2 aromatic rings. The molecule has 0 aliphatic heterocycles. The Hall–Kier alpha value is -1.68. The Kier molecular flexibility index (Phi) is 3.57. The topological polar surface area (TPSA) is 50.9 Å². The molecule has 20 heavy (non-hydrogen) atoms. The van der Waals surface area contributed by atoms with Crippen LogP contribution in [0.1, 0.15) is 43.1 Å². The quantitative estimate of drug-likeness (QED) is 0.929. The molecule has 1 aliphatic rings. The molecule has 1 unspecified atom stereocenters. The van der Waals surface area contributed by atoms with Crippen LogP contribution in [-0.4, -0.2) is 19.9 Å². The van der Waals surface area contributed by atoms with Crippen molar-refractivity contribution in [2.24, 2.45) is 0 Å². The van der Waals surface area contributed by atoms with Crippen LogP contribution in [0.2, 0.25) is 0 Å². The van der Waals surface area contributed by atoms with E-state index in [0.717, 1.165) is 43.6 Å². The first kappa shape index (κ1) is 13.3. The molecule has 0 bridgehead atoms. The highest BCUT2D eigenvalue weighted by Gasteiger charge is 2.35. The van der Waals surface area contributed by atoms with E-state index >= 15 is 0 Å². The fourth-order valence-corrected chi connectivity index (χ4v) is 3.17. The molecule has 0 saturated carbocycles. The molecule has 1 heterocycles. The lowest BCUT2D eigenvalue weighted by molar-refractivity contribution is 0.0161. The molecule has 1 aromatic carbocycles. The zero-order chi connectivity index (χ0) is 14.0. The summed E-state index contributed by atoms with van der Waals surface area (Å²) in [4.78, 5) is 4.34. The number of hydrogen-bond donors (Lipinski definition) is 1. The van der Waals surface area contributed by atoms with E-state index in [0.29, 0.717) is 6.42 Å². The van der Waals surface area contributed by atoms with Crippen LogP contribution >= 0.6 is 0 Å². The van der Waals surface area contributed by atoms with E-state index < -0.39 is 5.60 Å². The summed E-state index contributed by atoms with van der Waals surface area (Å²) in [6.45, 7) is 2.98. The summed E-state index contributed by atoms with van der Waals surface area (Å²) in [6, 6.07) is 8.22. The Morgan fingerprint density at radius 1 is 1.35 bits per heavy atom. The van der Waals surface area contributed by atoms with Gasteiger partial charge in [0, 0.05) is 13.0 Å². The zero-order valence-electron chi connectivity index (χ0n) is 11.9. The second-order valence-electron chi connectivity index (χ2n) is 5.62. The molecule has 0 radical (unpaired) electrons. The lowest BCUT2D eigenvalue weighted by Gasteiger charge is -2.34. The minimum Gasteiger partial charge on any atom is -0.385 e. The number of benzene rings is 1. The van der Waals surface area contributed by atoms with Crippen LogP contribution in [0.5, 0.6) is 0 Å². The molecular formula is C16H21N3O. The van der Waals surface area contributed by atoms with E-state index in [1.807, 2.05) is 16.8 Å². The van der Waals surface area contributed by atoms with Gasteiger partial charge in [0.2, 0.25) is 0 Å². The van der Waals surface area contributed by atoms with Gasteiger partial charge in [-0.15, -0.1) is 0 Å². The number of hydrogen-bond acceptors (Lipinski definition) is 3. The maximum atomic E-state index is 11.1. The van der Waals surface area contributed by atoms with E-state index in [9.17, 15) is 5.11 Å². The van der Waals surface area contributed by atoms with Crippen molar-refractivity contribution in [3.63, 3.8) is 0 Å². The summed E-state index contributed by atoms with van der Waals surface area (Å²) >= 11 is 0. The van der Waals surface area contributed by atoms with Crippen LogP contribution in [0, 0.1) is 0 Å². The van der Waals surface area contributed by atoms with Crippen LogP contribution < -0.4 is 0 Å². The van der Waals surface area contributed by atoms with Crippen molar-refractivity contribution in [1.29, 1.82) is 0 Å². The zero-order valence-corrected chi connectivity index (χ0v) is 11.9. The van der Waals surface area contributed by atoms with Crippen molar-refractivity contribution in [2.75, 3.05) is 0 Å². The molecule has 0 fully saturated rings. The van der Waals surface area contributed by atoms with Crippen LogP contribution in [-0.2, 0) is 25.0 Å².